The summed E-state index contributed by atoms with van der Waals surface area (Å²) in [6.45, 7) is 11.7. The highest BCUT2D eigenvalue weighted by Crippen LogP contribution is 2.48. The molecule has 1 aliphatic heterocycles. The Hall–Kier alpha value is -1.81. The zero-order valence-electron chi connectivity index (χ0n) is 16.3. The minimum atomic E-state index is -0.616. The summed E-state index contributed by atoms with van der Waals surface area (Å²) < 4.78 is 25.8. The van der Waals surface area contributed by atoms with Crippen molar-refractivity contribution in [1.29, 1.82) is 0 Å². The van der Waals surface area contributed by atoms with Crippen molar-refractivity contribution in [2.45, 2.75) is 53.6 Å². The summed E-state index contributed by atoms with van der Waals surface area (Å²) in [6.07, 6.45) is 2.59. The van der Waals surface area contributed by atoms with E-state index in [9.17, 15) is 9.50 Å². The highest BCUT2D eigenvalue weighted by molar-refractivity contribution is 5.82. The summed E-state index contributed by atoms with van der Waals surface area (Å²) in [5.74, 6) is 0.752. The Morgan fingerprint density at radius 3 is 2.40 bits per heavy atom. The van der Waals surface area contributed by atoms with Gasteiger partial charge in [0.1, 0.15) is 22.9 Å². The molecule has 1 N–H and O–H groups in total. The molecule has 0 unspecified atom stereocenters. The quantitative estimate of drug-likeness (QED) is 0.794. The zero-order valence-corrected chi connectivity index (χ0v) is 16.3. The van der Waals surface area contributed by atoms with Gasteiger partial charge in [-0.25, -0.2) is 4.39 Å². The second-order valence-electron chi connectivity index (χ2n) is 7.96. The molecule has 0 saturated heterocycles. The van der Waals surface area contributed by atoms with Crippen molar-refractivity contribution < 1.29 is 19.0 Å². The van der Waals surface area contributed by atoms with Crippen LogP contribution in [0, 0.1) is 5.41 Å². The lowest BCUT2D eigenvalue weighted by Crippen LogP contribution is -2.31. The van der Waals surface area contributed by atoms with E-state index in [-0.39, 0.29) is 5.41 Å². The smallest absolute Gasteiger partial charge is 0.131 e. The number of allylic oxidation sites excluding steroid dienone is 2. The molecule has 0 saturated carbocycles. The zero-order chi connectivity index (χ0) is 19.0. The fourth-order valence-electron chi connectivity index (χ4n) is 3.24. The molecular weight excluding hydrogens is 319 g/mol. The van der Waals surface area contributed by atoms with Crippen LogP contribution in [0.3, 0.4) is 0 Å². The summed E-state index contributed by atoms with van der Waals surface area (Å²) in [5, 5.41) is 9.24. The van der Waals surface area contributed by atoms with Crippen LogP contribution in [-0.4, -0.2) is 24.4 Å². The Bertz CT molecular complexity index is 721. The van der Waals surface area contributed by atoms with Gasteiger partial charge in [0.15, 0.2) is 0 Å². The summed E-state index contributed by atoms with van der Waals surface area (Å²) in [4.78, 5) is 0. The van der Waals surface area contributed by atoms with E-state index < -0.39 is 18.0 Å². The predicted molar refractivity (Wildman–Crippen MR) is 101 cm³/mol. The van der Waals surface area contributed by atoms with E-state index in [1.807, 2.05) is 32.9 Å². The molecule has 0 radical (unpaired) electrons. The number of aliphatic hydroxyl groups is 1. The number of methoxy groups -OCH3 is 1. The maximum atomic E-state index is 14.2. The molecule has 3 nitrogen and oxygen atoms in total. The number of rotatable bonds is 4. The van der Waals surface area contributed by atoms with Gasteiger partial charge in [-0.05, 0) is 49.0 Å². The SMILES string of the molecule is CCC(=C(F)CO)c1cc2c(cc1OC)OC(C)(C)C=C2C(C)(C)C. The summed E-state index contributed by atoms with van der Waals surface area (Å²) in [5.41, 5.74) is 2.70. The number of fused-ring (bicyclic) bond motifs is 1. The number of ether oxygens (including phenoxy) is 2. The van der Waals surface area contributed by atoms with Crippen LogP contribution in [0.4, 0.5) is 4.39 Å². The van der Waals surface area contributed by atoms with Gasteiger partial charge in [0.05, 0.1) is 13.7 Å². The van der Waals surface area contributed by atoms with Crippen molar-refractivity contribution >= 4 is 11.1 Å². The number of benzene rings is 1. The van der Waals surface area contributed by atoms with Gasteiger partial charge >= 0.3 is 0 Å². The van der Waals surface area contributed by atoms with Gasteiger partial charge in [-0.3, -0.25) is 0 Å². The Morgan fingerprint density at radius 1 is 1.28 bits per heavy atom. The van der Waals surface area contributed by atoms with E-state index in [4.69, 9.17) is 9.47 Å². The highest BCUT2D eigenvalue weighted by Gasteiger charge is 2.33. The fourth-order valence-corrected chi connectivity index (χ4v) is 3.24. The molecule has 0 spiro atoms. The van der Waals surface area contributed by atoms with Crippen LogP contribution in [0.5, 0.6) is 11.5 Å². The third kappa shape index (κ3) is 3.90. The minimum absolute atomic E-state index is 0.0900. The predicted octanol–water partition coefficient (Wildman–Crippen LogP) is 5.38. The summed E-state index contributed by atoms with van der Waals surface area (Å²) in [7, 11) is 1.56. The van der Waals surface area contributed by atoms with Crippen LogP contribution in [0.25, 0.3) is 11.1 Å². The molecule has 25 heavy (non-hydrogen) atoms. The number of hydrogen-bond acceptors (Lipinski definition) is 3. The van der Waals surface area contributed by atoms with Crippen molar-refractivity contribution in [2.75, 3.05) is 13.7 Å². The minimum Gasteiger partial charge on any atom is -0.496 e. The van der Waals surface area contributed by atoms with Crippen molar-refractivity contribution in [3.05, 3.63) is 35.2 Å². The van der Waals surface area contributed by atoms with Crippen LogP contribution in [0.15, 0.2) is 24.0 Å². The van der Waals surface area contributed by atoms with Crippen LogP contribution >= 0.6 is 0 Å². The molecule has 0 aliphatic carbocycles. The molecule has 0 aromatic heterocycles. The maximum absolute atomic E-state index is 14.2. The fraction of sp³-hybridized carbons (Fsp3) is 0.524. The average Bonchev–Trinajstić information content (AvgIpc) is 2.52. The Morgan fingerprint density at radius 2 is 1.92 bits per heavy atom. The van der Waals surface area contributed by atoms with E-state index in [1.54, 1.807) is 7.11 Å². The molecule has 0 bridgehead atoms. The van der Waals surface area contributed by atoms with Crippen LogP contribution < -0.4 is 9.47 Å². The largest absolute Gasteiger partial charge is 0.496 e. The average molecular weight is 348 g/mol. The molecule has 2 rings (SSSR count). The molecule has 1 heterocycles. The first-order chi connectivity index (χ1) is 11.5. The number of aliphatic hydroxyl groups excluding tert-OH is 1. The first-order valence-corrected chi connectivity index (χ1v) is 8.67. The third-order valence-corrected chi connectivity index (χ3v) is 4.41. The molecule has 1 aliphatic rings. The van der Waals surface area contributed by atoms with E-state index >= 15 is 0 Å². The lowest BCUT2D eigenvalue weighted by molar-refractivity contribution is 0.155. The van der Waals surface area contributed by atoms with Gasteiger partial charge < -0.3 is 14.6 Å². The first kappa shape index (κ1) is 19.5. The first-order valence-electron chi connectivity index (χ1n) is 8.67. The van der Waals surface area contributed by atoms with E-state index in [0.717, 1.165) is 16.9 Å². The molecule has 0 amide bonds. The van der Waals surface area contributed by atoms with Crippen LogP contribution in [0.1, 0.15) is 59.1 Å². The Kier molecular flexibility index (Phi) is 5.33. The second kappa shape index (κ2) is 6.83. The van der Waals surface area contributed by atoms with E-state index in [0.29, 0.717) is 23.3 Å². The van der Waals surface area contributed by atoms with Gasteiger partial charge in [0.2, 0.25) is 0 Å². The normalized spacial score (nSPS) is 17.2. The Balaban J connectivity index is 2.78. The monoisotopic (exact) mass is 348 g/mol. The lowest BCUT2D eigenvalue weighted by atomic mass is 9.77. The molecule has 4 heteroatoms. The van der Waals surface area contributed by atoms with Gasteiger partial charge in [-0.15, -0.1) is 0 Å². The van der Waals surface area contributed by atoms with Gasteiger partial charge in [-0.1, -0.05) is 27.7 Å². The summed E-state index contributed by atoms with van der Waals surface area (Å²) >= 11 is 0. The highest BCUT2D eigenvalue weighted by atomic mass is 19.1. The van der Waals surface area contributed by atoms with Gasteiger partial charge in [-0.2, -0.15) is 0 Å². The lowest BCUT2D eigenvalue weighted by Gasteiger charge is -2.36. The molecule has 0 fully saturated rings. The van der Waals surface area contributed by atoms with Crippen LogP contribution in [0.2, 0.25) is 0 Å². The maximum Gasteiger partial charge on any atom is 0.131 e. The van der Waals surface area contributed by atoms with Gasteiger partial charge in [0.25, 0.3) is 0 Å². The standard InChI is InChI=1S/C21H29FO3/c1-8-13(17(22)12-23)14-9-15-16(20(2,3)4)11-21(5,6)25-19(15)10-18(14)24-7/h9-11,23H,8,12H2,1-7H3. The summed E-state index contributed by atoms with van der Waals surface area (Å²) in [6, 6.07) is 3.75. The van der Waals surface area contributed by atoms with Crippen molar-refractivity contribution in [3.63, 3.8) is 0 Å². The number of halogens is 1. The van der Waals surface area contributed by atoms with E-state index in [2.05, 4.69) is 26.8 Å². The Labute approximate surface area is 150 Å². The molecule has 0 atom stereocenters. The number of hydrogen-bond donors (Lipinski definition) is 1. The molecular formula is C21H29FO3. The van der Waals surface area contributed by atoms with Gasteiger partial charge in [0, 0.05) is 17.2 Å². The van der Waals surface area contributed by atoms with Crippen molar-refractivity contribution in [2.24, 2.45) is 5.41 Å². The molecule has 138 valence electrons. The molecule has 1 aromatic carbocycles. The topological polar surface area (TPSA) is 38.7 Å². The third-order valence-electron chi connectivity index (χ3n) is 4.41. The van der Waals surface area contributed by atoms with Crippen molar-refractivity contribution in [1.82, 2.24) is 0 Å². The second-order valence-corrected chi connectivity index (χ2v) is 7.96. The van der Waals surface area contributed by atoms with Crippen LogP contribution in [-0.2, 0) is 0 Å². The van der Waals surface area contributed by atoms with E-state index in [1.165, 1.54) is 0 Å². The molecule has 1 aromatic rings. The van der Waals surface area contributed by atoms with Crippen molar-refractivity contribution in [3.8, 4) is 11.5 Å².